The van der Waals surface area contributed by atoms with Gasteiger partial charge < -0.3 is 9.47 Å². The molecular weight excluding hydrogens is 212 g/mol. The fourth-order valence-corrected chi connectivity index (χ4v) is 2.69. The summed E-state index contributed by atoms with van der Waals surface area (Å²) in [5.74, 6) is 0.376. The van der Waals surface area contributed by atoms with Gasteiger partial charge in [0.15, 0.2) is 0 Å². The van der Waals surface area contributed by atoms with Crippen LogP contribution in [0, 0.1) is 5.92 Å². The fraction of sp³-hybridized carbons (Fsp3) is 0.200. The molecule has 17 heavy (non-hydrogen) atoms. The quantitative estimate of drug-likeness (QED) is 0.739. The van der Waals surface area contributed by atoms with E-state index in [0.29, 0.717) is 5.92 Å². The molecule has 2 aliphatic rings. The zero-order valence-corrected chi connectivity index (χ0v) is 9.24. The first-order chi connectivity index (χ1) is 8.43. The largest absolute Gasteiger partial charge is 0.472 e. The molecule has 2 aromatic carbocycles. The van der Waals surface area contributed by atoms with Gasteiger partial charge in [-0.1, -0.05) is 42.5 Å². The number of hydrogen-bond donors (Lipinski definition) is 0. The maximum atomic E-state index is 5.77. The minimum atomic E-state index is -0.0565. The summed E-state index contributed by atoms with van der Waals surface area (Å²) < 4.78 is 11.1. The Kier molecular flexibility index (Phi) is 1.82. The summed E-state index contributed by atoms with van der Waals surface area (Å²) in [6, 6.07) is 14.8. The van der Waals surface area contributed by atoms with E-state index < -0.39 is 0 Å². The lowest BCUT2D eigenvalue weighted by Crippen LogP contribution is -2.39. The molecule has 2 aliphatic heterocycles. The highest BCUT2D eigenvalue weighted by Crippen LogP contribution is 2.46. The molecule has 3 atom stereocenters. The molecule has 0 amide bonds. The van der Waals surface area contributed by atoms with Gasteiger partial charge in [0.05, 0.1) is 18.3 Å². The van der Waals surface area contributed by atoms with E-state index in [1.807, 2.05) is 0 Å². The van der Waals surface area contributed by atoms with E-state index in [1.54, 1.807) is 6.26 Å². The summed E-state index contributed by atoms with van der Waals surface area (Å²) in [5, 5.41) is 2.54. The molecule has 2 heterocycles. The molecular formula is C15H12O2. The van der Waals surface area contributed by atoms with E-state index >= 15 is 0 Å². The van der Waals surface area contributed by atoms with Gasteiger partial charge in [-0.25, -0.2) is 0 Å². The van der Waals surface area contributed by atoms with Gasteiger partial charge in [0, 0.05) is 0 Å². The molecule has 0 aromatic heterocycles. The lowest BCUT2D eigenvalue weighted by molar-refractivity contribution is -0.257. The van der Waals surface area contributed by atoms with Gasteiger partial charge in [-0.15, -0.1) is 0 Å². The molecule has 2 aromatic rings. The third-order valence-electron chi connectivity index (χ3n) is 3.59. The Balaban J connectivity index is 1.83. The maximum absolute atomic E-state index is 5.77. The number of hydrogen-bond acceptors (Lipinski definition) is 2. The number of rotatable bonds is 1. The lowest BCUT2D eigenvalue weighted by Gasteiger charge is -2.39. The molecule has 0 radical (unpaired) electrons. The average Bonchev–Trinajstić information content (AvgIpc) is 2.71. The molecule has 4 rings (SSSR count). The maximum Gasteiger partial charge on any atom is 0.208 e. The monoisotopic (exact) mass is 224 g/mol. The first-order valence-corrected chi connectivity index (χ1v) is 5.89. The minimum Gasteiger partial charge on any atom is -0.472 e. The van der Waals surface area contributed by atoms with Crippen molar-refractivity contribution < 1.29 is 9.47 Å². The molecule has 0 saturated carbocycles. The highest BCUT2D eigenvalue weighted by molar-refractivity contribution is 5.86. The van der Waals surface area contributed by atoms with E-state index in [9.17, 15) is 0 Å². The number of ether oxygens (including phenoxy) is 2. The molecule has 84 valence electrons. The fourth-order valence-electron chi connectivity index (χ4n) is 2.69. The second-order valence-electron chi connectivity index (χ2n) is 4.54. The Labute approximate surface area is 99.5 Å². The van der Waals surface area contributed by atoms with Gasteiger partial charge in [0.2, 0.25) is 6.29 Å². The van der Waals surface area contributed by atoms with Crippen LogP contribution in [-0.2, 0) is 9.47 Å². The Morgan fingerprint density at radius 1 is 0.941 bits per heavy atom. The summed E-state index contributed by atoms with van der Waals surface area (Å²) in [6.07, 6.45) is 3.94. The van der Waals surface area contributed by atoms with E-state index in [0.717, 1.165) is 0 Å². The van der Waals surface area contributed by atoms with E-state index in [2.05, 4.69) is 48.5 Å². The number of fused-ring (bicyclic) bond motifs is 2. The average molecular weight is 224 g/mol. The van der Waals surface area contributed by atoms with Gasteiger partial charge in [-0.3, -0.25) is 0 Å². The van der Waals surface area contributed by atoms with Crippen molar-refractivity contribution in [2.24, 2.45) is 5.92 Å². The molecule has 0 N–H and O–H groups in total. The highest BCUT2D eigenvalue weighted by Gasteiger charge is 2.46. The van der Waals surface area contributed by atoms with Crippen LogP contribution in [0.25, 0.3) is 10.8 Å². The van der Waals surface area contributed by atoms with Crippen molar-refractivity contribution in [2.45, 2.75) is 12.4 Å². The standard InChI is InChI=1S/C15H12O2/c1-2-6-11-10(4-1)5-3-7-12(11)14-13-8-9-16-15(13)17-14/h1-9,13-15H/t13-,14-,15+/m0/s1. The highest BCUT2D eigenvalue weighted by atomic mass is 16.7. The molecule has 1 saturated heterocycles. The van der Waals surface area contributed by atoms with Crippen LogP contribution in [0.2, 0.25) is 0 Å². The number of benzene rings is 2. The molecule has 2 nitrogen and oxygen atoms in total. The Hall–Kier alpha value is -1.80. The first kappa shape index (κ1) is 9.25. The van der Waals surface area contributed by atoms with Crippen molar-refractivity contribution >= 4 is 10.8 Å². The smallest absolute Gasteiger partial charge is 0.208 e. The Bertz CT molecular complexity index is 597. The summed E-state index contributed by atoms with van der Waals surface area (Å²) >= 11 is 0. The van der Waals surface area contributed by atoms with Crippen LogP contribution in [0.1, 0.15) is 11.7 Å². The Morgan fingerprint density at radius 2 is 1.82 bits per heavy atom. The van der Waals surface area contributed by atoms with E-state index in [1.165, 1.54) is 16.3 Å². The van der Waals surface area contributed by atoms with Crippen LogP contribution in [-0.4, -0.2) is 6.29 Å². The van der Waals surface area contributed by atoms with Crippen molar-refractivity contribution in [1.29, 1.82) is 0 Å². The van der Waals surface area contributed by atoms with Crippen molar-refractivity contribution in [1.82, 2.24) is 0 Å². The molecule has 0 spiro atoms. The third-order valence-corrected chi connectivity index (χ3v) is 3.59. The van der Waals surface area contributed by atoms with Gasteiger partial charge >= 0.3 is 0 Å². The SMILES string of the molecule is C1=C[C@@H]2[C@H](O1)O[C@H]2c1cccc2ccccc12. The second kappa shape index (κ2) is 3.34. The van der Waals surface area contributed by atoms with Crippen LogP contribution in [0.4, 0.5) is 0 Å². The minimum absolute atomic E-state index is 0.0565. The van der Waals surface area contributed by atoms with Gasteiger partial charge in [-0.05, 0) is 22.4 Å². The molecule has 0 aliphatic carbocycles. The topological polar surface area (TPSA) is 18.5 Å². The molecule has 1 fully saturated rings. The summed E-state index contributed by atoms with van der Waals surface area (Å²) in [7, 11) is 0. The Morgan fingerprint density at radius 3 is 2.76 bits per heavy atom. The van der Waals surface area contributed by atoms with Gasteiger partial charge in [0.1, 0.15) is 0 Å². The van der Waals surface area contributed by atoms with E-state index in [-0.39, 0.29) is 12.4 Å². The predicted molar refractivity (Wildman–Crippen MR) is 65.3 cm³/mol. The zero-order valence-electron chi connectivity index (χ0n) is 9.24. The normalized spacial score (nSPS) is 29.8. The van der Waals surface area contributed by atoms with Crippen molar-refractivity contribution in [3.8, 4) is 0 Å². The van der Waals surface area contributed by atoms with Crippen molar-refractivity contribution in [2.75, 3.05) is 0 Å². The third kappa shape index (κ3) is 1.25. The van der Waals surface area contributed by atoms with Crippen LogP contribution in [0.15, 0.2) is 54.8 Å². The van der Waals surface area contributed by atoms with Crippen molar-refractivity contribution in [3.05, 3.63) is 60.4 Å². The second-order valence-corrected chi connectivity index (χ2v) is 4.54. The lowest BCUT2D eigenvalue weighted by atomic mass is 9.88. The van der Waals surface area contributed by atoms with Crippen LogP contribution in [0.3, 0.4) is 0 Å². The molecule has 2 heteroatoms. The first-order valence-electron chi connectivity index (χ1n) is 5.89. The van der Waals surface area contributed by atoms with Crippen molar-refractivity contribution in [3.63, 3.8) is 0 Å². The van der Waals surface area contributed by atoms with Crippen LogP contribution < -0.4 is 0 Å². The van der Waals surface area contributed by atoms with E-state index in [4.69, 9.17) is 9.47 Å². The van der Waals surface area contributed by atoms with Gasteiger partial charge in [-0.2, -0.15) is 0 Å². The zero-order chi connectivity index (χ0) is 11.2. The van der Waals surface area contributed by atoms with Crippen LogP contribution >= 0.6 is 0 Å². The van der Waals surface area contributed by atoms with Crippen LogP contribution in [0.5, 0.6) is 0 Å². The summed E-state index contributed by atoms with van der Waals surface area (Å²) in [6.45, 7) is 0. The summed E-state index contributed by atoms with van der Waals surface area (Å²) in [5.41, 5.74) is 1.26. The molecule has 0 unspecified atom stereocenters. The summed E-state index contributed by atoms with van der Waals surface area (Å²) in [4.78, 5) is 0. The van der Waals surface area contributed by atoms with Gasteiger partial charge in [0.25, 0.3) is 0 Å². The predicted octanol–water partition coefficient (Wildman–Crippen LogP) is 3.40. The molecule has 0 bridgehead atoms.